The molecular formula is C12H17F2N3S. The predicted octanol–water partition coefficient (Wildman–Crippen LogP) is 3.38. The molecule has 0 fully saturated rings. The molecule has 0 aromatic heterocycles. The lowest BCUT2D eigenvalue weighted by atomic mass is 10.2. The molecule has 0 spiro atoms. The maximum Gasteiger partial charge on any atom is 0.288 e. The van der Waals surface area contributed by atoms with E-state index in [1.54, 1.807) is 24.3 Å². The Balaban J connectivity index is 2.55. The average molecular weight is 273 g/mol. The van der Waals surface area contributed by atoms with Crippen LogP contribution in [0.3, 0.4) is 0 Å². The number of nitrogens with zero attached hydrogens (tertiary/aromatic N) is 1. The number of hydrogen-bond donors (Lipinski definition) is 2. The molecule has 0 unspecified atom stereocenters. The first-order valence-corrected chi connectivity index (χ1v) is 6.47. The minimum Gasteiger partial charge on any atom is -0.370 e. The highest BCUT2D eigenvalue weighted by Gasteiger charge is 2.04. The molecule has 1 aromatic carbocycles. The number of aliphatic imine (C=N–C) groups is 1. The van der Waals surface area contributed by atoms with Crippen LogP contribution in [0.2, 0.25) is 0 Å². The molecule has 6 heteroatoms. The van der Waals surface area contributed by atoms with Gasteiger partial charge in [0.25, 0.3) is 5.76 Å². The second kappa shape index (κ2) is 7.20. The minimum absolute atomic E-state index is 0.331. The Morgan fingerprint density at radius 1 is 1.33 bits per heavy atom. The monoisotopic (exact) mass is 273 g/mol. The molecule has 0 heterocycles. The molecule has 100 valence electrons. The summed E-state index contributed by atoms with van der Waals surface area (Å²) in [7, 11) is 0. The van der Waals surface area contributed by atoms with Crippen LogP contribution in [-0.4, -0.2) is 18.3 Å². The van der Waals surface area contributed by atoms with Gasteiger partial charge in [-0.05, 0) is 30.2 Å². The number of halogens is 2. The van der Waals surface area contributed by atoms with Crippen molar-refractivity contribution in [3.63, 3.8) is 0 Å². The summed E-state index contributed by atoms with van der Waals surface area (Å²) < 4.78 is 24.2. The van der Waals surface area contributed by atoms with Gasteiger partial charge in [0.2, 0.25) is 0 Å². The number of anilines is 1. The van der Waals surface area contributed by atoms with Crippen molar-refractivity contribution in [3.8, 4) is 0 Å². The van der Waals surface area contributed by atoms with E-state index in [1.165, 1.54) is 0 Å². The first kappa shape index (κ1) is 14.8. The van der Waals surface area contributed by atoms with Crippen molar-refractivity contribution in [2.45, 2.75) is 24.5 Å². The Morgan fingerprint density at radius 2 is 1.94 bits per heavy atom. The third-order valence-corrected chi connectivity index (χ3v) is 2.70. The summed E-state index contributed by atoms with van der Waals surface area (Å²) in [6.45, 7) is 4.75. The van der Waals surface area contributed by atoms with E-state index in [9.17, 15) is 8.78 Å². The van der Waals surface area contributed by atoms with Gasteiger partial charge in [-0.25, -0.2) is 0 Å². The number of nitrogens with two attached hydrogens (primary N) is 1. The summed E-state index contributed by atoms with van der Waals surface area (Å²) in [4.78, 5) is 4.67. The number of nitrogens with one attached hydrogen (secondary N) is 1. The van der Waals surface area contributed by atoms with Gasteiger partial charge in [0, 0.05) is 17.1 Å². The van der Waals surface area contributed by atoms with E-state index in [4.69, 9.17) is 5.73 Å². The molecule has 3 N–H and O–H groups in total. The van der Waals surface area contributed by atoms with Crippen molar-refractivity contribution in [3.05, 3.63) is 24.3 Å². The summed E-state index contributed by atoms with van der Waals surface area (Å²) in [5.41, 5.74) is 6.42. The van der Waals surface area contributed by atoms with Gasteiger partial charge in [-0.1, -0.05) is 25.6 Å². The normalized spacial score (nSPS) is 12.2. The maximum atomic E-state index is 12.1. The van der Waals surface area contributed by atoms with E-state index < -0.39 is 5.76 Å². The van der Waals surface area contributed by atoms with E-state index in [2.05, 4.69) is 10.3 Å². The van der Waals surface area contributed by atoms with Gasteiger partial charge < -0.3 is 11.1 Å². The third-order valence-electron chi connectivity index (χ3n) is 1.98. The molecule has 0 aliphatic heterocycles. The zero-order valence-electron chi connectivity index (χ0n) is 10.4. The van der Waals surface area contributed by atoms with Crippen molar-refractivity contribution in [2.75, 3.05) is 11.9 Å². The average Bonchev–Trinajstić information content (AvgIpc) is 2.28. The molecule has 1 rings (SSSR count). The zero-order chi connectivity index (χ0) is 13.5. The van der Waals surface area contributed by atoms with E-state index in [1.807, 2.05) is 13.8 Å². The highest BCUT2D eigenvalue weighted by Crippen LogP contribution is 2.25. The molecule has 0 radical (unpaired) electrons. The molecule has 0 bridgehead atoms. The van der Waals surface area contributed by atoms with Crippen molar-refractivity contribution in [1.29, 1.82) is 0 Å². The van der Waals surface area contributed by atoms with Gasteiger partial charge in [-0.2, -0.15) is 8.78 Å². The fourth-order valence-corrected chi connectivity index (χ4v) is 1.69. The minimum atomic E-state index is -2.40. The second-order valence-corrected chi connectivity index (χ2v) is 5.21. The Hall–Kier alpha value is -1.30. The summed E-state index contributed by atoms with van der Waals surface area (Å²) in [5, 5.41) is 2.91. The molecule has 0 saturated carbocycles. The molecule has 0 saturated heterocycles. The van der Waals surface area contributed by atoms with Gasteiger partial charge in [0.15, 0.2) is 5.96 Å². The molecular weight excluding hydrogens is 256 g/mol. The van der Waals surface area contributed by atoms with Gasteiger partial charge >= 0.3 is 0 Å². The maximum absolute atomic E-state index is 12.1. The third kappa shape index (κ3) is 5.86. The zero-order valence-corrected chi connectivity index (χ0v) is 11.2. The standard InChI is InChI=1S/C12H17F2N3S/c1-8(2)7-16-12(15)17-9-3-5-10(6-4-9)18-11(13)14/h3-6,8,11H,7H2,1-2H3,(H3,15,16,17). The van der Waals surface area contributed by atoms with E-state index in [-0.39, 0.29) is 0 Å². The summed E-state index contributed by atoms with van der Waals surface area (Å²) in [6.07, 6.45) is 0. The van der Waals surface area contributed by atoms with Crippen molar-refractivity contribution >= 4 is 23.4 Å². The number of guanidine groups is 1. The molecule has 1 aromatic rings. The van der Waals surface area contributed by atoms with Gasteiger partial charge in [0.1, 0.15) is 0 Å². The number of thioether (sulfide) groups is 1. The van der Waals surface area contributed by atoms with Crippen LogP contribution in [0.4, 0.5) is 14.5 Å². The van der Waals surface area contributed by atoms with E-state index in [0.717, 1.165) is 5.69 Å². The lowest BCUT2D eigenvalue weighted by molar-refractivity contribution is 0.252. The largest absolute Gasteiger partial charge is 0.370 e. The van der Waals surface area contributed by atoms with Crippen molar-refractivity contribution < 1.29 is 8.78 Å². The molecule has 3 nitrogen and oxygen atoms in total. The van der Waals surface area contributed by atoms with Crippen LogP contribution in [0.5, 0.6) is 0 Å². The van der Waals surface area contributed by atoms with E-state index >= 15 is 0 Å². The number of rotatable bonds is 5. The topological polar surface area (TPSA) is 50.4 Å². The summed E-state index contributed by atoms with van der Waals surface area (Å²) >= 11 is 0.518. The Kier molecular flexibility index (Phi) is 5.91. The van der Waals surface area contributed by atoms with Crippen LogP contribution in [0.15, 0.2) is 34.2 Å². The number of benzene rings is 1. The van der Waals surface area contributed by atoms with Crippen molar-refractivity contribution in [1.82, 2.24) is 0 Å². The van der Waals surface area contributed by atoms with Crippen LogP contribution in [0, 0.1) is 5.92 Å². The summed E-state index contributed by atoms with van der Waals surface area (Å²) in [6, 6.07) is 6.63. The quantitative estimate of drug-likeness (QED) is 0.491. The fraction of sp³-hybridized carbons (Fsp3) is 0.417. The van der Waals surface area contributed by atoms with Crippen LogP contribution in [0.1, 0.15) is 13.8 Å². The molecule has 18 heavy (non-hydrogen) atoms. The predicted molar refractivity (Wildman–Crippen MR) is 73.3 cm³/mol. The van der Waals surface area contributed by atoms with Gasteiger partial charge in [-0.3, -0.25) is 4.99 Å². The fourth-order valence-electron chi connectivity index (χ4n) is 1.19. The van der Waals surface area contributed by atoms with Crippen LogP contribution in [0.25, 0.3) is 0 Å². The molecule has 0 aliphatic rings. The molecule has 0 aliphatic carbocycles. The number of alkyl halides is 2. The highest BCUT2D eigenvalue weighted by molar-refractivity contribution is 7.99. The highest BCUT2D eigenvalue weighted by atomic mass is 32.2. The van der Waals surface area contributed by atoms with Crippen molar-refractivity contribution in [2.24, 2.45) is 16.6 Å². The molecule has 0 atom stereocenters. The van der Waals surface area contributed by atoms with Crippen LogP contribution >= 0.6 is 11.8 Å². The van der Waals surface area contributed by atoms with Gasteiger partial charge in [-0.15, -0.1) is 0 Å². The second-order valence-electron chi connectivity index (χ2n) is 4.15. The number of hydrogen-bond acceptors (Lipinski definition) is 2. The SMILES string of the molecule is CC(C)CN=C(N)Nc1ccc(SC(F)F)cc1. The lowest BCUT2D eigenvalue weighted by Gasteiger charge is -2.07. The first-order valence-electron chi connectivity index (χ1n) is 5.59. The van der Waals surface area contributed by atoms with Gasteiger partial charge in [0.05, 0.1) is 0 Å². The summed E-state index contributed by atoms with van der Waals surface area (Å²) in [5.74, 6) is -1.63. The Morgan fingerprint density at radius 3 is 2.44 bits per heavy atom. The van der Waals surface area contributed by atoms with Crippen LogP contribution in [-0.2, 0) is 0 Å². The van der Waals surface area contributed by atoms with Crippen LogP contribution < -0.4 is 11.1 Å². The smallest absolute Gasteiger partial charge is 0.288 e. The molecule has 0 amide bonds. The Labute approximate surface area is 110 Å². The van der Waals surface area contributed by atoms with E-state index in [0.29, 0.717) is 35.1 Å². The lowest BCUT2D eigenvalue weighted by Crippen LogP contribution is -2.23. The first-order chi connectivity index (χ1) is 8.47. The Bertz CT molecular complexity index is 391.